The lowest BCUT2D eigenvalue weighted by atomic mass is 10.0. The molecule has 152 valence electrons. The number of rotatable bonds is 5. The zero-order chi connectivity index (χ0) is 21.2. The van der Waals surface area contributed by atoms with Gasteiger partial charge < -0.3 is 4.43 Å². The number of aryl methyl sites for hydroxylation is 1. The molecule has 3 rings (SSSR count). The standard InChI is InChI=1S/C26H33OPSi/c1-20-16-18-21(19-17-20)28(26(2,3)4)25-15-11-9-13-23(25)22-12-8-10-14-24(22)27-29(5,6)7/h8-19H,1-7H3. The Morgan fingerprint density at radius 3 is 1.86 bits per heavy atom. The highest BCUT2D eigenvalue weighted by Gasteiger charge is 2.30. The molecule has 3 aromatic rings. The molecule has 0 spiro atoms. The predicted octanol–water partition coefficient (Wildman–Crippen LogP) is 7.11. The van der Waals surface area contributed by atoms with E-state index in [4.69, 9.17) is 4.43 Å². The van der Waals surface area contributed by atoms with Gasteiger partial charge in [-0.1, -0.05) is 93.1 Å². The lowest BCUT2D eigenvalue weighted by Crippen LogP contribution is -2.30. The van der Waals surface area contributed by atoms with Crippen LogP contribution < -0.4 is 15.0 Å². The summed E-state index contributed by atoms with van der Waals surface area (Å²) in [6, 6.07) is 26.5. The Bertz CT molecular complexity index is 965. The molecule has 0 radical (unpaired) electrons. The molecule has 0 fully saturated rings. The van der Waals surface area contributed by atoms with Crippen LogP contribution in [-0.2, 0) is 0 Å². The van der Waals surface area contributed by atoms with Crippen molar-refractivity contribution in [2.75, 3.05) is 0 Å². The first-order valence-corrected chi connectivity index (χ1v) is 15.1. The van der Waals surface area contributed by atoms with E-state index in [-0.39, 0.29) is 5.16 Å². The fraction of sp³-hybridized carbons (Fsp3) is 0.308. The van der Waals surface area contributed by atoms with E-state index in [1.54, 1.807) is 0 Å². The van der Waals surface area contributed by atoms with Crippen LogP contribution in [0, 0.1) is 6.92 Å². The molecule has 0 saturated carbocycles. The van der Waals surface area contributed by atoms with Crippen LogP contribution in [0.1, 0.15) is 26.3 Å². The van der Waals surface area contributed by atoms with Crippen molar-refractivity contribution in [3.05, 3.63) is 78.4 Å². The van der Waals surface area contributed by atoms with Gasteiger partial charge in [-0.3, -0.25) is 0 Å². The molecule has 0 aromatic heterocycles. The summed E-state index contributed by atoms with van der Waals surface area (Å²) in [6.07, 6.45) is 0. The molecule has 0 bridgehead atoms. The van der Waals surface area contributed by atoms with Gasteiger partial charge in [0, 0.05) is 5.56 Å². The van der Waals surface area contributed by atoms with Gasteiger partial charge in [0.1, 0.15) is 5.75 Å². The summed E-state index contributed by atoms with van der Waals surface area (Å²) in [5, 5.41) is 2.99. The Balaban J connectivity index is 2.20. The molecule has 1 atom stereocenters. The van der Waals surface area contributed by atoms with Crippen molar-refractivity contribution in [3.8, 4) is 16.9 Å². The summed E-state index contributed by atoms with van der Waals surface area (Å²) in [5.41, 5.74) is 3.80. The van der Waals surface area contributed by atoms with Crippen molar-refractivity contribution < 1.29 is 4.43 Å². The summed E-state index contributed by atoms with van der Waals surface area (Å²) < 4.78 is 6.48. The fourth-order valence-corrected chi connectivity index (χ4v) is 7.32. The highest BCUT2D eigenvalue weighted by atomic mass is 31.1. The van der Waals surface area contributed by atoms with Gasteiger partial charge in [-0.2, -0.15) is 0 Å². The zero-order valence-corrected chi connectivity index (χ0v) is 20.7. The quantitative estimate of drug-likeness (QED) is 0.316. The molecule has 0 aliphatic rings. The molecule has 0 heterocycles. The second-order valence-corrected chi connectivity index (χ2v) is 17.0. The fourth-order valence-electron chi connectivity index (χ4n) is 3.59. The van der Waals surface area contributed by atoms with Gasteiger partial charge in [0.25, 0.3) is 0 Å². The van der Waals surface area contributed by atoms with Gasteiger partial charge in [-0.25, -0.2) is 0 Å². The first-order chi connectivity index (χ1) is 13.6. The molecular weight excluding hydrogens is 387 g/mol. The maximum absolute atomic E-state index is 6.48. The number of hydrogen-bond donors (Lipinski definition) is 0. The van der Waals surface area contributed by atoms with E-state index in [1.165, 1.54) is 27.3 Å². The SMILES string of the molecule is Cc1ccc(P(c2ccccc2-c2ccccc2O[Si](C)(C)C)C(C)(C)C)cc1. The van der Waals surface area contributed by atoms with Gasteiger partial charge in [0.2, 0.25) is 8.32 Å². The van der Waals surface area contributed by atoms with Crippen LogP contribution >= 0.6 is 7.92 Å². The van der Waals surface area contributed by atoms with Crippen LogP contribution in [0.25, 0.3) is 11.1 Å². The summed E-state index contributed by atoms with van der Waals surface area (Å²) >= 11 is 0. The summed E-state index contributed by atoms with van der Waals surface area (Å²) in [6.45, 7) is 16.0. The maximum atomic E-state index is 6.48. The van der Waals surface area contributed by atoms with E-state index in [0.717, 1.165) is 5.75 Å². The van der Waals surface area contributed by atoms with Crippen LogP contribution in [0.3, 0.4) is 0 Å². The highest BCUT2D eigenvalue weighted by Crippen LogP contribution is 2.50. The molecule has 0 aliphatic heterocycles. The maximum Gasteiger partial charge on any atom is 0.242 e. The largest absolute Gasteiger partial charge is 0.544 e. The number of para-hydroxylation sites is 1. The molecule has 0 N–H and O–H groups in total. The van der Waals surface area contributed by atoms with Crippen LogP contribution in [0.5, 0.6) is 5.75 Å². The Morgan fingerprint density at radius 1 is 0.724 bits per heavy atom. The van der Waals surface area contributed by atoms with Crippen LogP contribution in [0.4, 0.5) is 0 Å². The van der Waals surface area contributed by atoms with Gasteiger partial charge in [-0.15, -0.1) is 0 Å². The van der Waals surface area contributed by atoms with Crippen molar-refractivity contribution in [3.63, 3.8) is 0 Å². The number of benzene rings is 3. The average Bonchev–Trinajstić information content (AvgIpc) is 2.62. The third kappa shape index (κ3) is 5.38. The second kappa shape index (κ2) is 8.46. The van der Waals surface area contributed by atoms with Gasteiger partial charge in [0.05, 0.1) is 0 Å². The van der Waals surface area contributed by atoms with Gasteiger partial charge in [0.15, 0.2) is 0 Å². The van der Waals surface area contributed by atoms with E-state index >= 15 is 0 Å². The third-order valence-corrected chi connectivity index (χ3v) is 8.56. The minimum absolute atomic E-state index is 0.148. The van der Waals surface area contributed by atoms with Crippen LogP contribution in [0.15, 0.2) is 72.8 Å². The molecule has 0 aliphatic carbocycles. The van der Waals surface area contributed by atoms with E-state index in [1.807, 2.05) is 0 Å². The van der Waals surface area contributed by atoms with Crippen molar-refractivity contribution in [1.82, 2.24) is 0 Å². The normalized spacial score (nSPS) is 13.2. The van der Waals surface area contributed by atoms with E-state index in [2.05, 4.69) is 120 Å². The van der Waals surface area contributed by atoms with Gasteiger partial charge >= 0.3 is 0 Å². The molecule has 3 heteroatoms. The Labute approximate surface area is 179 Å². The summed E-state index contributed by atoms with van der Waals surface area (Å²) in [4.78, 5) is 0. The lowest BCUT2D eigenvalue weighted by Gasteiger charge is -2.34. The number of hydrogen-bond acceptors (Lipinski definition) is 1. The minimum Gasteiger partial charge on any atom is -0.544 e. The Kier molecular flexibility index (Phi) is 6.36. The lowest BCUT2D eigenvalue weighted by molar-refractivity contribution is 0.560. The van der Waals surface area contributed by atoms with E-state index in [9.17, 15) is 0 Å². The first kappa shape index (κ1) is 21.8. The Hall–Kier alpha value is -1.89. The molecule has 0 saturated heterocycles. The van der Waals surface area contributed by atoms with Crippen LogP contribution in [0.2, 0.25) is 19.6 Å². The van der Waals surface area contributed by atoms with Crippen LogP contribution in [-0.4, -0.2) is 13.5 Å². The summed E-state index contributed by atoms with van der Waals surface area (Å²) in [7, 11) is -2.25. The van der Waals surface area contributed by atoms with Crippen molar-refractivity contribution >= 4 is 26.8 Å². The molecule has 3 aromatic carbocycles. The molecule has 1 nitrogen and oxygen atoms in total. The third-order valence-electron chi connectivity index (χ3n) is 4.70. The van der Waals surface area contributed by atoms with E-state index < -0.39 is 16.2 Å². The van der Waals surface area contributed by atoms with E-state index in [0.29, 0.717) is 0 Å². The van der Waals surface area contributed by atoms with Crippen molar-refractivity contribution in [2.45, 2.75) is 52.5 Å². The van der Waals surface area contributed by atoms with Crippen molar-refractivity contribution in [2.24, 2.45) is 0 Å². The Morgan fingerprint density at radius 2 is 1.28 bits per heavy atom. The first-order valence-electron chi connectivity index (χ1n) is 10.3. The molecular formula is C26H33OPSi. The minimum atomic E-state index is -1.71. The van der Waals surface area contributed by atoms with Crippen molar-refractivity contribution in [1.29, 1.82) is 0 Å². The van der Waals surface area contributed by atoms with Gasteiger partial charge in [-0.05, 0) is 61.9 Å². The predicted molar refractivity (Wildman–Crippen MR) is 133 cm³/mol. The second-order valence-electron chi connectivity index (χ2n) is 9.57. The average molecular weight is 421 g/mol. The highest BCUT2D eigenvalue weighted by molar-refractivity contribution is 7.74. The molecule has 1 unspecified atom stereocenters. The zero-order valence-electron chi connectivity index (χ0n) is 18.8. The molecule has 29 heavy (non-hydrogen) atoms. The molecule has 0 amide bonds. The summed E-state index contributed by atoms with van der Waals surface area (Å²) in [5.74, 6) is 1.01. The smallest absolute Gasteiger partial charge is 0.242 e. The topological polar surface area (TPSA) is 9.23 Å². The monoisotopic (exact) mass is 420 g/mol.